The third-order valence-electron chi connectivity index (χ3n) is 3.37. The lowest BCUT2D eigenvalue weighted by Gasteiger charge is -2.29. The molecule has 5 heteroatoms. The van der Waals surface area contributed by atoms with Crippen LogP contribution >= 0.6 is 15.9 Å². The first-order valence-corrected chi connectivity index (χ1v) is 7.01. The molecule has 1 fully saturated rings. The number of benzene rings is 1. The number of amides is 1. The Kier molecular flexibility index (Phi) is 4.54. The maximum absolute atomic E-state index is 13.4. The van der Waals surface area contributed by atoms with E-state index in [1.165, 1.54) is 6.07 Å². The van der Waals surface area contributed by atoms with Crippen LogP contribution in [0, 0.1) is 23.1 Å². The highest BCUT2D eigenvalue weighted by Crippen LogP contribution is 2.19. The number of nitrogens with zero attached hydrogens (tertiary/aromatic N) is 2. The summed E-state index contributed by atoms with van der Waals surface area (Å²) in [4.78, 5) is 13.8. The lowest BCUT2D eigenvalue weighted by atomic mass is 9.98. The number of carbonyl (C=O) groups is 1. The smallest absolute Gasteiger partial charge is 0.226 e. The summed E-state index contributed by atoms with van der Waals surface area (Å²) in [6.45, 7) is 1.24. The monoisotopic (exact) mass is 324 g/mol. The zero-order chi connectivity index (χ0) is 13.8. The maximum Gasteiger partial charge on any atom is 0.226 e. The third-order valence-corrected chi connectivity index (χ3v) is 4.01. The van der Waals surface area contributed by atoms with Crippen LogP contribution < -0.4 is 0 Å². The predicted molar refractivity (Wildman–Crippen MR) is 72.7 cm³/mol. The molecular formula is C14H14BrFN2O. The molecule has 0 unspecified atom stereocenters. The summed E-state index contributed by atoms with van der Waals surface area (Å²) in [5, 5.41) is 8.81. The summed E-state index contributed by atoms with van der Waals surface area (Å²) < 4.78 is 13.8. The van der Waals surface area contributed by atoms with Crippen molar-refractivity contribution in [1.29, 1.82) is 5.26 Å². The molecule has 1 amide bonds. The molecule has 1 aromatic carbocycles. The second-order valence-corrected chi connectivity index (χ2v) is 5.56. The molecule has 2 rings (SSSR count). The number of halogens is 2. The van der Waals surface area contributed by atoms with Crippen molar-refractivity contribution in [3.05, 3.63) is 34.1 Å². The average molecular weight is 325 g/mol. The lowest BCUT2D eigenvalue weighted by molar-refractivity contribution is -0.131. The minimum atomic E-state index is -0.353. The highest BCUT2D eigenvalue weighted by Gasteiger charge is 2.22. The van der Waals surface area contributed by atoms with Gasteiger partial charge < -0.3 is 4.90 Å². The van der Waals surface area contributed by atoms with Gasteiger partial charge in [0, 0.05) is 19.0 Å². The number of nitriles is 1. The summed E-state index contributed by atoms with van der Waals surface area (Å²) in [6.07, 6.45) is 1.68. The first kappa shape index (κ1) is 14.0. The van der Waals surface area contributed by atoms with E-state index in [1.54, 1.807) is 17.0 Å². The van der Waals surface area contributed by atoms with E-state index >= 15 is 0 Å². The number of hydrogen-bond donors (Lipinski definition) is 0. The van der Waals surface area contributed by atoms with E-state index in [0.717, 1.165) is 12.8 Å². The van der Waals surface area contributed by atoms with Crippen LogP contribution in [-0.2, 0) is 11.2 Å². The van der Waals surface area contributed by atoms with Gasteiger partial charge in [-0.2, -0.15) is 5.26 Å². The van der Waals surface area contributed by atoms with Crippen LogP contribution in [0.4, 0.5) is 4.39 Å². The van der Waals surface area contributed by atoms with Gasteiger partial charge >= 0.3 is 0 Å². The van der Waals surface area contributed by atoms with Crippen LogP contribution in [0.5, 0.6) is 0 Å². The lowest BCUT2D eigenvalue weighted by Crippen LogP contribution is -2.39. The Labute approximate surface area is 120 Å². The van der Waals surface area contributed by atoms with Crippen LogP contribution in [0.15, 0.2) is 22.7 Å². The molecule has 3 nitrogen and oxygen atoms in total. The molecule has 1 aromatic rings. The van der Waals surface area contributed by atoms with Gasteiger partial charge in [0.1, 0.15) is 5.82 Å². The normalized spacial score (nSPS) is 16.2. The molecule has 1 aliphatic heterocycles. The van der Waals surface area contributed by atoms with Gasteiger partial charge in [0.25, 0.3) is 0 Å². The number of likely N-dealkylation sites (tertiary alicyclic amines) is 1. The van der Waals surface area contributed by atoms with Crippen molar-refractivity contribution < 1.29 is 9.18 Å². The highest BCUT2D eigenvalue weighted by molar-refractivity contribution is 9.10. The second-order valence-electron chi connectivity index (χ2n) is 4.71. The molecule has 100 valence electrons. The van der Waals surface area contributed by atoms with Crippen molar-refractivity contribution in [3.8, 4) is 6.07 Å². The van der Waals surface area contributed by atoms with Crippen molar-refractivity contribution in [2.75, 3.05) is 13.1 Å². The Balaban J connectivity index is 1.94. The van der Waals surface area contributed by atoms with Gasteiger partial charge in [0.2, 0.25) is 5.91 Å². The van der Waals surface area contributed by atoms with E-state index in [-0.39, 0.29) is 24.1 Å². The number of hydrogen-bond acceptors (Lipinski definition) is 2. The Hall–Kier alpha value is -1.41. The van der Waals surface area contributed by atoms with Crippen molar-refractivity contribution in [3.63, 3.8) is 0 Å². The largest absolute Gasteiger partial charge is 0.342 e. The van der Waals surface area contributed by atoms with Gasteiger partial charge in [0.05, 0.1) is 17.0 Å². The SMILES string of the molecule is N#CC1CCN(C(=O)Cc2ccc(Br)c(F)c2)CC1. The molecule has 0 aromatic heterocycles. The van der Waals surface area contributed by atoms with E-state index in [4.69, 9.17) is 5.26 Å². The quantitative estimate of drug-likeness (QED) is 0.839. The average Bonchev–Trinajstić information content (AvgIpc) is 2.43. The van der Waals surface area contributed by atoms with E-state index in [1.807, 2.05) is 0 Å². The molecule has 1 aliphatic rings. The molecule has 0 bridgehead atoms. The summed E-state index contributed by atoms with van der Waals surface area (Å²) in [5.41, 5.74) is 0.674. The van der Waals surface area contributed by atoms with Crippen LogP contribution in [-0.4, -0.2) is 23.9 Å². The summed E-state index contributed by atoms with van der Waals surface area (Å²) in [7, 11) is 0. The zero-order valence-electron chi connectivity index (χ0n) is 10.4. The molecular weight excluding hydrogens is 311 g/mol. The molecule has 0 radical (unpaired) electrons. The van der Waals surface area contributed by atoms with Crippen LogP contribution in [0.2, 0.25) is 0 Å². The number of rotatable bonds is 2. The fourth-order valence-electron chi connectivity index (χ4n) is 2.19. The first-order chi connectivity index (χ1) is 9.10. The molecule has 0 atom stereocenters. The predicted octanol–water partition coefficient (Wildman–Crippen LogP) is 2.89. The number of carbonyl (C=O) groups excluding carboxylic acids is 1. The Morgan fingerprint density at radius 1 is 1.47 bits per heavy atom. The van der Waals surface area contributed by atoms with E-state index in [2.05, 4.69) is 22.0 Å². The van der Waals surface area contributed by atoms with Crippen molar-refractivity contribution >= 4 is 21.8 Å². The Morgan fingerprint density at radius 2 is 2.16 bits per heavy atom. The van der Waals surface area contributed by atoms with Crippen LogP contribution in [0.1, 0.15) is 18.4 Å². The highest BCUT2D eigenvalue weighted by atomic mass is 79.9. The third kappa shape index (κ3) is 3.54. The minimum absolute atomic E-state index is 0.00175. The second kappa shape index (κ2) is 6.16. The van der Waals surface area contributed by atoms with Crippen molar-refractivity contribution in [2.45, 2.75) is 19.3 Å². The molecule has 0 aliphatic carbocycles. The van der Waals surface area contributed by atoms with Gasteiger partial charge in [-0.05, 0) is 46.5 Å². The molecule has 0 spiro atoms. The topological polar surface area (TPSA) is 44.1 Å². The zero-order valence-corrected chi connectivity index (χ0v) is 12.0. The molecule has 19 heavy (non-hydrogen) atoms. The van der Waals surface area contributed by atoms with E-state index in [9.17, 15) is 9.18 Å². The molecule has 0 N–H and O–H groups in total. The van der Waals surface area contributed by atoms with Gasteiger partial charge in [-0.1, -0.05) is 6.07 Å². The fourth-order valence-corrected chi connectivity index (χ4v) is 2.44. The van der Waals surface area contributed by atoms with Crippen LogP contribution in [0.25, 0.3) is 0 Å². The van der Waals surface area contributed by atoms with Gasteiger partial charge in [0.15, 0.2) is 0 Å². The van der Waals surface area contributed by atoms with Gasteiger partial charge in [-0.15, -0.1) is 0 Å². The van der Waals surface area contributed by atoms with E-state index < -0.39 is 0 Å². The van der Waals surface area contributed by atoms with Gasteiger partial charge in [-0.25, -0.2) is 4.39 Å². The Morgan fingerprint density at radius 3 is 2.74 bits per heavy atom. The van der Waals surface area contributed by atoms with Gasteiger partial charge in [-0.3, -0.25) is 4.79 Å². The number of piperidine rings is 1. The molecule has 0 saturated carbocycles. The minimum Gasteiger partial charge on any atom is -0.342 e. The summed E-state index contributed by atoms with van der Waals surface area (Å²) >= 11 is 3.09. The van der Waals surface area contributed by atoms with Crippen molar-refractivity contribution in [1.82, 2.24) is 4.90 Å². The Bertz CT molecular complexity index is 519. The van der Waals surface area contributed by atoms with E-state index in [0.29, 0.717) is 23.1 Å². The summed E-state index contributed by atoms with van der Waals surface area (Å²) in [6, 6.07) is 6.97. The van der Waals surface area contributed by atoms with Crippen LogP contribution in [0.3, 0.4) is 0 Å². The summed E-state index contributed by atoms with van der Waals surface area (Å²) in [5.74, 6) is -0.291. The maximum atomic E-state index is 13.4. The molecule has 1 saturated heterocycles. The fraction of sp³-hybridized carbons (Fsp3) is 0.429. The molecule has 1 heterocycles. The first-order valence-electron chi connectivity index (χ1n) is 6.21. The van der Waals surface area contributed by atoms with Crippen molar-refractivity contribution in [2.24, 2.45) is 5.92 Å². The standard InChI is InChI=1S/C14H14BrFN2O/c15-12-2-1-11(7-13(12)16)8-14(19)18-5-3-10(9-17)4-6-18/h1-2,7,10H,3-6,8H2.